The van der Waals surface area contributed by atoms with Crippen molar-refractivity contribution in [2.75, 3.05) is 26.2 Å². The molecule has 1 amide bonds. The molecule has 0 spiro atoms. The first-order valence-corrected chi connectivity index (χ1v) is 12.7. The lowest BCUT2D eigenvalue weighted by Gasteiger charge is -2.36. The van der Waals surface area contributed by atoms with E-state index < -0.39 is 0 Å². The van der Waals surface area contributed by atoms with Gasteiger partial charge in [-0.05, 0) is 75.4 Å². The van der Waals surface area contributed by atoms with Crippen LogP contribution in [0.1, 0.15) is 52.3 Å². The van der Waals surface area contributed by atoms with Crippen LogP contribution in [0.25, 0.3) is 5.69 Å². The number of rotatable bonds is 6. The van der Waals surface area contributed by atoms with Gasteiger partial charge in [-0.1, -0.05) is 32.0 Å². The highest BCUT2D eigenvalue weighted by Crippen LogP contribution is 2.29. The Morgan fingerprint density at radius 2 is 1.75 bits per heavy atom. The van der Waals surface area contributed by atoms with E-state index in [9.17, 15) is 9.18 Å². The van der Waals surface area contributed by atoms with E-state index in [4.69, 9.17) is 0 Å². The van der Waals surface area contributed by atoms with Crippen molar-refractivity contribution in [3.63, 3.8) is 0 Å². The average molecular weight is 460 g/mol. The molecule has 2 aliphatic rings. The highest BCUT2D eigenvalue weighted by molar-refractivity contribution is 8.00. The molecule has 6 nitrogen and oxygen atoms in total. The van der Waals surface area contributed by atoms with E-state index in [1.165, 1.54) is 49.6 Å². The molecule has 0 unspecified atom stereocenters. The number of hydrogen-bond acceptors (Lipinski definition) is 5. The summed E-state index contributed by atoms with van der Waals surface area (Å²) in [5.74, 6) is 1.77. The third kappa shape index (κ3) is 5.52. The zero-order chi connectivity index (χ0) is 22.7. The minimum atomic E-state index is -0.273. The van der Waals surface area contributed by atoms with Crippen molar-refractivity contribution in [3.8, 4) is 5.69 Å². The van der Waals surface area contributed by atoms with Gasteiger partial charge in [0.05, 0.1) is 11.8 Å². The van der Waals surface area contributed by atoms with Crippen molar-refractivity contribution in [2.45, 2.75) is 63.4 Å². The topological polar surface area (TPSA) is 54.3 Å². The Bertz CT molecular complexity index is 902. The lowest BCUT2D eigenvalue weighted by molar-refractivity contribution is -0.132. The molecule has 1 aromatic heterocycles. The quantitative estimate of drug-likeness (QED) is 0.600. The summed E-state index contributed by atoms with van der Waals surface area (Å²) in [6.07, 6.45) is 4.84. The predicted molar refractivity (Wildman–Crippen MR) is 125 cm³/mol. The molecule has 32 heavy (non-hydrogen) atoms. The lowest BCUT2D eigenvalue weighted by atomic mass is 9.92. The number of halogens is 1. The van der Waals surface area contributed by atoms with Crippen LogP contribution in [0.5, 0.6) is 0 Å². The molecule has 1 aromatic carbocycles. The van der Waals surface area contributed by atoms with Gasteiger partial charge in [0.15, 0.2) is 11.0 Å². The Balaban J connectivity index is 1.55. The molecule has 3 atom stereocenters. The number of amides is 1. The number of thioether (sulfide) groups is 1. The first-order valence-electron chi connectivity index (χ1n) is 11.8. The van der Waals surface area contributed by atoms with Crippen molar-refractivity contribution in [1.82, 2.24) is 24.6 Å². The summed E-state index contributed by atoms with van der Waals surface area (Å²) >= 11 is 1.44. The van der Waals surface area contributed by atoms with Crippen LogP contribution in [0.15, 0.2) is 29.4 Å². The van der Waals surface area contributed by atoms with Gasteiger partial charge in [0, 0.05) is 18.8 Å². The molecule has 2 aliphatic heterocycles. The summed E-state index contributed by atoms with van der Waals surface area (Å²) in [6, 6.07) is 6.42. The predicted octanol–water partition coefficient (Wildman–Crippen LogP) is 4.38. The lowest BCUT2D eigenvalue weighted by Crippen LogP contribution is -2.45. The van der Waals surface area contributed by atoms with E-state index >= 15 is 0 Å². The van der Waals surface area contributed by atoms with Crippen molar-refractivity contribution in [1.29, 1.82) is 0 Å². The third-order valence-corrected chi connectivity index (χ3v) is 7.44. The normalized spacial score (nSPS) is 23.3. The van der Waals surface area contributed by atoms with Gasteiger partial charge < -0.3 is 4.90 Å². The van der Waals surface area contributed by atoms with Crippen molar-refractivity contribution < 1.29 is 9.18 Å². The van der Waals surface area contributed by atoms with Gasteiger partial charge in [0.25, 0.3) is 0 Å². The van der Waals surface area contributed by atoms with Crippen LogP contribution in [0.3, 0.4) is 0 Å². The summed E-state index contributed by atoms with van der Waals surface area (Å²) in [5.41, 5.74) is 0.825. The molecule has 0 N–H and O–H groups in total. The number of likely N-dealkylation sites (tertiary alicyclic amines) is 2. The fourth-order valence-corrected chi connectivity index (χ4v) is 5.92. The molecular weight excluding hydrogens is 425 g/mol. The zero-order valence-corrected chi connectivity index (χ0v) is 20.2. The smallest absolute Gasteiger partial charge is 0.235 e. The molecule has 2 saturated heterocycles. The second kappa shape index (κ2) is 10.3. The Morgan fingerprint density at radius 1 is 1.09 bits per heavy atom. The van der Waals surface area contributed by atoms with Gasteiger partial charge in [-0.15, -0.1) is 10.2 Å². The Kier molecular flexibility index (Phi) is 7.51. The van der Waals surface area contributed by atoms with E-state index in [1.54, 1.807) is 12.1 Å². The molecule has 8 heteroatoms. The number of aromatic nitrogens is 3. The third-order valence-electron chi connectivity index (χ3n) is 6.41. The summed E-state index contributed by atoms with van der Waals surface area (Å²) < 4.78 is 15.6. The summed E-state index contributed by atoms with van der Waals surface area (Å²) in [4.78, 5) is 17.6. The van der Waals surface area contributed by atoms with Crippen LogP contribution < -0.4 is 0 Å². The van der Waals surface area contributed by atoms with Crippen molar-refractivity contribution in [2.24, 2.45) is 11.8 Å². The largest absolute Gasteiger partial charge is 0.341 e. The van der Waals surface area contributed by atoms with Crippen LogP contribution in [0.2, 0.25) is 0 Å². The zero-order valence-electron chi connectivity index (χ0n) is 19.3. The maximum absolute atomic E-state index is 13.6. The van der Waals surface area contributed by atoms with Gasteiger partial charge in [0.2, 0.25) is 5.91 Å². The first-order chi connectivity index (χ1) is 15.4. The number of hydrogen-bond donors (Lipinski definition) is 0. The monoisotopic (exact) mass is 459 g/mol. The number of benzene rings is 1. The molecule has 0 bridgehead atoms. The van der Waals surface area contributed by atoms with Crippen LogP contribution in [0, 0.1) is 17.7 Å². The summed E-state index contributed by atoms with van der Waals surface area (Å²) in [5, 5.41) is 9.37. The van der Waals surface area contributed by atoms with Crippen LogP contribution in [-0.2, 0) is 11.3 Å². The number of nitrogens with zero attached hydrogens (tertiary/aromatic N) is 5. The Hall–Kier alpha value is -1.93. The number of carbonyl (C=O) groups is 1. The van der Waals surface area contributed by atoms with Gasteiger partial charge >= 0.3 is 0 Å². The molecule has 0 radical (unpaired) electrons. The second-order valence-electron chi connectivity index (χ2n) is 9.50. The first kappa shape index (κ1) is 23.2. The van der Waals surface area contributed by atoms with Crippen LogP contribution in [-0.4, -0.2) is 61.9 Å². The SMILES string of the molecule is C[C@@H]1C[C@H](C)CN(C(=O)[C@@H](C)Sc2nnc(CN3CCCCC3)n2-c2ccc(F)cc2)C1. The fourth-order valence-electron chi connectivity index (χ4n) is 4.95. The van der Waals surface area contributed by atoms with Crippen LogP contribution >= 0.6 is 11.8 Å². The van der Waals surface area contributed by atoms with Gasteiger partial charge in [-0.3, -0.25) is 14.3 Å². The molecule has 2 aromatic rings. The van der Waals surface area contributed by atoms with E-state index in [2.05, 4.69) is 28.9 Å². The minimum absolute atomic E-state index is 0.152. The molecular formula is C24H34FN5OS. The Morgan fingerprint density at radius 3 is 2.41 bits per heavy atom. The minimum Gasteiger partial charge on any atom is -0.341 e. The van der Waals surface area contributed by atoms with E-state index in [0.29, 0.717) is 23.5 Å². The highest BCUT2D eigenvalue weighted by Gasteiger charge is 2.30. The number of piperidine rings is 2. The van der Waals surface area contributed by atoms with Crippen LogP contribution in [0.4, 0.5) is 4.39 Å². The average Bonchev–Trinajstić information content (AvgIpc) is 3.15. The van der Waals surface area contributed by atoms with Crippen molar-refractivity contribution in [3.05, 3.63) is 35.9 Å². The van der Waals surface area contributed by atoms with Gasteiger partial charge in [-0.25, -0.2) is 4.39 Å². The molecule has 0 saturated carbocycles. The van der Waals surface area contributed by atoms with E-state index in [-0.39, 0.29) is 17.0 Å². The summed E-state index contributed by atoms with van der Waals surface area (Å²) in [6.45, 7) is 10.8. The molecule has 4 rings (SSSR count). The molecule has 2 fully saturated rings. The summed E-state index contributed by atoms with van der Waals surface area (Å²) in [7, 11) is 0. The standard InChI is InChI=1S/C24H34FN5OS/c1-17-13-18(2)15-29(14-17)23(31)19(3)32-24-27-26-22(16-28-11-5-4-6-12-28)30(24)21-9-7-20(25)8-10-21/h7-10,17-19H,4-6,11-16H2,1-3H3/t17-,18+,19-/m1/s1. The molecule has 3 heterocycles. The maximum atomic E-state index is 13.6. The van der Waals surface area contributed by atoms with Gasteiger partial charge in [0.1, 0.15) is 5.82 Å². The van der Waals surface area contributed by atoms with E-state index in [0.717, 1.165) is 37.7 Å². The molecule has 0 aliphatic carbocycles. The second-order valence-corrected chi connectivity index (χ2v) is 10.8. The maximum Gasteiger partial charge on any atom is 0.235 e. The highest BCUT2D eigenvalue weighted by atomic mass is 32.2. The number of carbonyl (C=O) groups excluding carboxylic acids is 1. The Labute approximate surface area is 194 Å². The van der Waals surface area contributed by atoms with E-state index in [1.807, 2.05) is 16.4 Å². The van der Waals surface area contributed by atoms with Gasteiger partial charge in [-0.2, -0.15) is 0 Å². The molecule has 174 valence electrons. The fraction of sp³-hybridized carbons (Fsp3) is 0.625. The van der Waals surface area contributed by atoms with Crippen molar-refractivity contribution >= 4 is 17.7 Å².